The van der Waals surface area contributed by atoms with Crippen molar-refractivity contribution < 1.29 is 4.39 Å². The minimum atomic E-state index is -0.119. The van der Waals surface area contributed by atoms with Gasteiger partial charge in [0.25, 0.3) is 0 Å². The summed E-state index contributed by atoms with van der Waals surface area (Å²) in [5.74, 6) is 0.715. The van der Waals surface area contributed by atoms with E-state index in [1.54, 1.807) is 0 Å². The molecule has 1 aliphatic rings. The Labute approximate surface area is 62.8 Å². The molecule has 60 valence electrons. The number of halogens is 1. The lowest BCUT2D eigenvalue weighted by Crippen LogP contribution is -2.00. The van der Waals surface area contributed by atoms with E-state index < -0.39 is 0 Å². The van der Waals surface area contributed by atoms with Crippen LogP contribution in [0.1, 0.15) is 39.5 Å². The van der Waals surface area contributed by atoms with Gasteiger partial charge in [-0.2, -0.15) is 0 Å². The smallest absolute Gasteiger partial charge is 0.0897 e. The molecule has 0 amide bonds. The van der Waals surface area contributed by atoms with Crippen molar-refractivity contribution in [3.63, 3.8) is 0 Å². The summed E-state index contributed by atoms with van der Waals surface area (Å²) in [5, 5.41) is 0. The van der Waals surface area contributed by atoms with Crippen LogP contribution in [0.15, 0.2) is 0 Å². The Kier molecular flexibility index (Phi) is 2.32. The third-order valence-corrected chi connectivity index (χ3v) is 3.22. The van der Waals surface area contributed by atoms with E-state index in [2.05, 4.69) is 13.8 Å². The Morgan fingerprint density at radius 3 is 2.30 bits per heavy atom. The second kappa shape index (κ2) is 2.89. The quantitative estimate of drug-likeness (QED) is 0.568. The lowest BCUT2D eigenvalue weighted by molar-refractivity contribution is 0.373. The van der Waals surface area contributed by atoms with Gasteiger partial charge in [0.1, 0.15) is 0 Å². The van der Waals surface area contributed by atoms with Crippen LogP contribution in [0.4, 0.5) is 4.39 Å². The lowest BCUT2D eigenvalue weighted by atomic mass is 9.96. The van der Waals surface area contributed by atoms with E-state index in [0.717, 1.165) is 6.42 Å². The normalized spacial score (nSPS) is 28.5. The van der Waals surface area contributed by atoms with E-state index in [9.17, 15) is 4.39 Å². The molecular weight excluding hydrogens is 127 g/mol. The average molecular weight is 144 g/mol. The van der Waals surface area contributed by atoms with Crippen LogP contribution in [0, 0.1) is 11.3 Å². The second-order valence-corrected chi connectivity index (χ2v) is 3.45. The van der Waals surface area contributed by atoms with E-state index in [1.807, 2.05) is 0 Å². The number of alkyl halides is 1. The van der Waals surface area contributed by atoms with E-state index in [1.165, 1.54) is 19.3 Å². The molecule has 0 aliphatic heterocycles. The van der Waals surface area contributed by atoms with Crippen molar-refractivity contribution >= 4 is 0 Å². The second-order valence-electron chi connectivity index (χ2n) is 3.45. The first-order valence-electron chi connectivity index (χ1n) is 4.35. The Balaban J connectivity index is 2.30. The summed E-state index contributed by atoms with van der Waals surface area (Å²) in [7, 11) is 0. The largest absolute Gasteiger partial charge is 0.251 e. The average Bonchev–Trinajstić information content (AvgIpc) is 2.65. The lowest BCUT2D eigenvalue weighted by Gasteiger charge is -2.09. The molecule has 0 radical (unpaired) electrons. The van der Waals surface area contributed by atoms with E-state index in [4.69, 9.17) is 0 Å². The highest BCUT2D eigenvalue weighted by molar-refractivity contribution is 4.99. The van der Waals surface area contributed by atoms with E-state index in [0.29, 0.717) is 11.3 Å². The minimum Gasteiger partial charge on any atom is -0.251 e. The zero-order chi connectivity index (χ0) is 7.61. The highest BCUT2D eigenvalue weighted by Crippen LogP contribution is 2.59. The molecule has 1 heteroatoms. The third kappa shape index (κ3) is 1.18. The van der Waals surface area contributed by atoms with E-state index >= 15 is 0 Å². The maximum absolute atomic E-state index is 11.9. The SMILES string of the molecule is CCC1(CC)CC1CCF. The Hall–Kier alpha value is -0.0700. The first-order chi connectivity index (χ1) is 4.79. The Morgan fingerprint density at radius 1 is 1.40 bits per heavy atom. The Morgan fingerprint density at radius 2 is 2.00 bits per heavy atom. The first kappa shape index (κ1) is 8.03. The fourth-order valence-corrected chi connectivity index (χ4v) is 2.09. The van der Waals surface area contributed by atoms with Crippen LogP contribution in [-0.2, 0) is 0 Å². The molecule has 0 aromatic rings. The van der Waals surface area contributed by atoms with Crippen LogP contribution < -0.4 is 0 Å². The van der Waals surface area contributed by atoms with Gasteiger partial charge in [-0.15, -0.1) is 0 Å². The molecule has 0 nitrogen and oxygen atoms in total. The van der Waals surface area contributed by atoms with Gasteiger partial charge in [0, 0.05) is 0 Å². The maximum atomic E-state index is 11.9. The summed E-state index contributed by atoms with van der Waals surface area (Å²) in [6.45, 7) is 4.33. The van der Waals surface area contributed by atoms with Crippen molar-refractivity contribution in [2.24, 2.45) is 11.3 Å². The van der Waals surface area contributed by atoms with Gasteiger partial charge in [-0.1, -0.05) is 26.7 Å². The summed E-state index contributed by atoms with van der Waals surface area (Å²) < 4.78 is 11.9. The highest BCUT2D eigenvalue weighted by atomic mass is 19.1. The zero-order valence-electron chi connectivity index (χ0n) is 6.99. The van der Waals surface area contributed by atoms with Crippen LogP contribution in [0.2, 0.25) is 0 Å². The zero-order valence-corrected chi connectivity index (χ0v) is 6.99. The monoisotopic (exact) mass is 144 g/mol. The van der Waals surface area contributed by atoms with E-state index in [-0.39, 0.29) is 6.67 Å². The van der Waals surface area contributed by atoms with Gasteiger partial charge in [0.2, 0.25) is 0 Å². The number of rotatable bonds is 4. The predicted molar refractivity (Wildman–Crippen MR) is 41.7 cm³/mol. The molecule has 0 N–H and O–H groups in total. The molecule has 0 spiro atoms. The van der Waals surface area contributed by atoms with Crippen LogP contribution in [0.3, 0.4) is 0 Å². The summed E-state index contributed by atoms with van der Waals surface area (Å²) in [5.41, 5.74) is 0.562. The number of hydrogen-bond acceptors (Lipinski definition) is 0. The fraction of sp³-hybridized carbons (Fsp3) is 1.00. The molecule has 1 saturated carbocycles. The summed E-state index contributed by atoms with van der Waals surface area (Å²) >= 11 is 0. The summed E-state index contributed by atoms with van der Waals surface area (Å²) in [4.78, 5) is 0. The highest BCUT2D eigenvalue weighted by Gasteiger charge is 2.49. The van der Waals surface area contributed by atoms with Crippen molar-refractivity contribution in [1.29, 1.82) is 0 Å². The molecule has 0 aromatic heterocycles. The number of hydrogen-bond donors (Lipinski definition) is 0. The first-order valence-corrected chi connectivity index (χ1v) is 4.35. The molecule has 0 heterocycles. The molecular formula is C9H17F. The third-order valence-electron chi connectivity index (χ3n) is 3.22. The minimum absolute atomic E-state index is 0.119. The summed E-state index contributed by atoms with van der Waals surface area (Å²) in [6.07, 6.45) is 4.58. The predicted octanol–water partition coefficient (Wildman–Crippen LogP) is 3.17. The fourth-order valence-electron chi connectivity index (χ4n) is 2.09. The van der Waals surface area contributed by atoms with Gasteiger partial charge in [-0.25, -0.2) is 0 Å². The van der Waals surface area contributed by atoms with Gasteiger partial charge in [0.15, 0.2) is 0 Å². The van der Waals surface area contributed by atoms with Crippen molar-refractivity contribution in [1.82, 2.24) is 0 Å². The van der Waals surface area contributed by atoms with Gasteiger partial charge in [-0.3, -0.25) is 4.39 Å². The van der Waals surface area contributed by atoms with Crippen molar-refractivity contribution in [2.75, 3.05) is 6.67 Å². The van der Waals surface area contributed by atoms with Crippen LogP contribution in [0.5, 0.6) is 0 Å². The van der Waals surface area contributed by atoms with Crippen LogP contribution in [0.25, 0.3) is 0 Å². The molecule has 1 aliphatic carbocycles. The molecule has 1 rings (SSSR count). The molecule has 0 bridgehead atoms. The standard InChI is InChI=1S/C9H17F/c1-3-9(4-2)7-8(9)5-6-10/h8H,3-7H2,1-2H3. The maximum Gasteiger partial charge on any atom is 0.0897 e. The molecule has 0 aromatic carbocycles. The van der Waals surface area contributed by atoms with Gasteiger partial charge in [0.05, 0.1) is 6.67 Å². The molecule has 1 fully saturated rings. The van der Waals surface area contributed by atoms with Gasteiger partial charge in [-0.05, 0) is 24.2 Å². The van der Waals surface area contributed by atoms with Crippen molar-refractivity contribution in [2.45, 2.75) is 39.5 Å². The summed E-state index contributed by atoms with van der Waals surface area (Å²) in [6, 6.07) is 0. The topological polar surface area (TPSA) is 0 Å². The molecule has 10 heavy (non-hydrogen) atoms. The molecule has 0 saturated heterocycles. The van der Waals surface area contributed by atoms with Crippen molar-refractivity contribution in [3.05, 3.63) is 0 Å². The van der Waals surface area contributed by atoms with Crippen LogP contribution in [-0.4, -0.2) is 6.67 Å². The molecule has 1 unspecified atom stereocenters. The van der Waals surface area contributed by atoms with Crippen LogP contribution >= 0.6 is 0 Å². The van der Waals surface area contributed by atoms with Gasteiger partial charge >= 0.3 is 0 Å². The van der Waals surface area contributed by atoms with Crippen molar-refractivity contribution in [3.8, 4) is 0 Å². The molecule has 1 atom stereocenters. The Bertz CT molecular complexity index is 105. The van der Waals surface area contributed by atoms with Gasteiger partial charge < -0.3 is 0 Å².